The zero-order chi connectivity index (χ0) is 17.1. The van der Waals surface area contributed by atoms with E-state index in [1.54, 1.807) is 24.7 Å². The van der Waals surface area contributed by atoms with Gasteiger partial charge in [0, 0.05) is 35.3 Å². The minimum absolute atomic E-state index is 0.556. The molecule has 0 fully saturated rings. The molecule has 0 spiro atoms. The van der Waals surface area contributed by atoms with Crippen LogP contribution in [0.4, 0.5) is 0 Å². The first-order chi connectivity index (χ1) is 11.5. The lowest BCUT2D eigenvalue weighted by Crippen LogP contribution is -2.16. The van der Waals surface area contributed by atoms with Crippen molar-refractivity contribution in [3.63, 3.8) is 0 Å². The third-order valence-corrected chi connectivity index (χ3v) is 4.14. The maximum absolute atomic E-state index is 6.40. The summed E-state index contributed by atoms with van der Waals surface area (Å²) in [6.45, 7) is 0.872. The van der Waals surface area contributed by atoms with Crippen molar-refractivity contribution in [2.45, 2.75) is 6.42 Å². The normalized spacial score (nSPS) is 11.2. The third-order valence-electron chi connectivity index (χ3n) is 3.60. The van der Waals surface area contributed by atoms with Gasteiger partial charge in [0.25, 0.3) is 0 Å². The number of nitrogens with zero attached hydrogens (tertiary/aromatic N) is 4. The molecule has 24 heavy (non-hydrogen) atoms. The van der Waals surface area contributed by atoms with Gasteiger partial charge in [0.2, 0.25) is 0 Å². The van der Waals surface area contributed by atoms with Crippen molar-refractivity contribution < 1.29 is 0 Å². The van der Waals surface area contributed by atoms with Gasteiger partial charge in [-0.1, -0.05) is 23.2 Å². The summed E-state index contributed by atoms with van der Waals surface area (Å²) in [5, 5.41) is 1.15. The third kappa shape index (κ3) is 3.75. The topological polar surface area (TPSA) is 57.7 Å². The summed E-state index contributed by atoms with van der Waals surface area (Å²) in [5.74, 6) is 0.771. The zero-order valence-corrected chi connectivity index (χ0v) is 14.9. The van der Waals surface area contributed by atoms with E-state index in [2.05, 4.69) is 19.9 Å². The van der Waals surface area contributed by atoms with Crippen LogP contribution in [0.25, 0.3) is 22.5 Å². The summed E-state index contributed by atoms with van der Waals surface area (Å²) in [5.41, 5.74) is 3.28. The standard InChI is InChI=1S/C17H17Cl2N5/c1-24(2)6-5-16-21-8-13(15-9-20-10-22-15)17(23-16)12-4-3-11(18)7-14(12)19/h3-4,7-10H,5-6H2,1-2H3,(H,20,22). The molecule has 0 bridgehead atoms. The number of nitrogens with one attached hydrogen (secondary N) is 1. The lowest BCUT2D eigenvalue weighted by atomic mass is 10.0. The van der Waals surface area contributed by atoms with Crippen LogP contribution in [0.2, 0.25) is 10.0 Å². The number of hydrogen-bond donors (Lipinski definition) is 1. The van der Waals surface area contributed by atoms with Crippen LogP contribution < -0.4 is 0 Å². The van der Waals surface area contributed by atoms with Crippen molar-refractivity contribution in [3.05, 3.63) is 52.8 Å². The molecule has 1 N–H and O–H groups in total. The van der Waals surface area contributed by atoms with Gasteiger partial charge < -0.3 is 9.88 Å². The minimum Gasteiger partial charge on any atom is -0.345 e. The number of aromatic amines is 1. The average molecular weight is 362 g/mol. The Morgan fingerprint density at radius 2 is 1.96 bits per heavy atom. The van der Waals surface area contributed by atoms with Crippen molar-refractivity contribution in [3.8, 4) is 22.5 Å². The van der Waals surface area contributed by atoms with Gasteiger partial charge in [-0.2, -0.15) is 0 Å². The molecular weight excluding hydrogens is 345 g/mol. The molecule has 0 aliphatic carbocycles. The number of likely N-dealkylation sites (N-methyl/N-ethyl adjacent to an activating group) is 1. The zero-order valence-electron chi connectivity index (χ0n) is 13.4. The van der Waals surface area contributed by atoms with Gasteiger partial charge in [-0.05, 0) is 32.3 Å². The largest absolute Gasteiger partial charge is 0.345 e. The fraction of sp³-hybridized carbons (Fsp3) is 0.235. The molecule has 0 radical (unpaired) electrons. The van der Waals surface area contributed by atoms with Crippen LogP contribution in [0.3, 0.4) is 0 Å². The van der Waals surface area contributed by atoms with Crippen LogP contribution in [-0.4, -0.2) is 45.5 Å². The molecular formula is C17H17Cl2N5. The van der Waals surface area contributed by atoms with Crippen LogP contribution in [-0.2, 0) is 6.42 Å². The highest BCUT2D eigenvalue weighted by Crippen LogP contribution is 2.34. The predicted molar refractivity (Wildman–Crippen MR) is 97.3 cm³/mol. The number of halogens is 2. The highest BCUT2D eigenvalue weighted by molar-refractivity contribution is 6.36. The van der Waals surface area contributed by atoms with Crippen molar-refractivity contribution >= 4 is 23.2 Å². The summed E-state index contributed by atoms with van der Waals surface area (Å²) >= 11 is 12.4. The van der Waals surface area contributed by atoms with E-state index in [0.29, 0.717) is 10.0 Å². The molecule has 0 unspecified atom stereocenters. The molecule has 3 rings (SSSR count). The maximum Gasteiger partial charge on any atom is 0.130 e. The van der Waals surface area contributed by atoms with Crippen molar-refractivity contribution in [1.82, 2.24) is 24.8 Å². The molecule has 7 heteroatoms. The van der Waals surface area contributed by atoms with E-state index in [9.17, 15) is 0 Å². The number of imidazole rings is 1. The van der Waals surface area contributed by atoms with Crippen LogP contribution >= 0.6 is 23.2 Å². The summed E-state index contributed by atoms with van der Waals surface area (Å²) in [7, 11) is 4.05. The number of rotatable bonds is 5. The van der Waals surface area contributed by atoms with Gasteiger partial charge in [-0.3, -0.25) is 0 Å². The van der Waals surface area contributed by atoms with Crippen molar-refractivity contribution in [2.24, 2.45) is 0 Å². The second kappa shape index (κ2) is 7.30. The van der Waals surface area contributed by atoms with Gasteiger partial charge in [0.1, 0.15) is 5.82 Å². The van der Waals surface area contributed by atoms with E-state index >= 15 is 0 Å². The van der Waals surface area contributed by atoms with E-state index in [4.69, 9.17) is 28.2 Å². The molecule has 0 aliphatic heterocycles. The summed E-state index contributed by atoms with van der Waals surface area (Å²) < 4.78 is 0. The van der Waals surface area contributed by atoms with Crippen LogP contribution in [0.1, 0.15) is 5.82 Å². The summed E-state index contributed by atoms with van der Waals surface area (Å²) in [6.07, 6.45) is 5.94. The first-order valence-corrected chi connectivity index (χ1v) is 8.25. The van der Waals surface area contributed by atoms with Gasteiger partial charge in [0.05, 0.1) is 28.9 Å². The fourth-order valence-corrected chi connectivity index (χ4v) is 2.85. The number of benzene rings is 1. The van der Waals surface area contributed by atoms with E-state index in [-0.39, 0.29) is 0 Å². The Bertz CT molecular complexity index is 831. The Hall–Kier alpha value is -1.95. The lowest BCUT2D eigenvalue weighted by molar-refractivity contribution is 0.409. The molecule has 2 heterocycles. The minimum atomic E-state index is 0.556. The van der Waals surface area contributed by atoms with Gasteiger partial charge >= 0.3 is 0 Å². The van der Waals surface area contributed by atoms with Crippen molar-refractivity contribution in [2.75, 3.05) is 20.6 Å². The maximum atomic E-state index is 6.40. The Balaban J connectivity index is 2.10. The van der Waals surface area contributed by atoms with E-state index < -0.39 is 0 Å². The molecule has 5 nitrogen and oxygen atoms in total. The molecule has 2 aromatic heterocycles. The monoisotopic (exact) mass is 361 g/mol. The highest BCUT2D eigenvalue weighted by atomic mass is 35.5. The molecule has 0 atom stereocenters. The Morgan fingerprint density at radius 1 is 1.12 bits per heavy atom. The fourth-order valence-electron chi connectivity index (χ4n) is 2.35. The Kier molecular flexibility index (Phi) is 5.14. The number of H-pyrrole nitrogens is 1. The van der Waals surface area contributed by atoms with Gasteiger partial charge in [0.15, 0.2) is 0 Å². The molecule has 0 amide bonds. The van der Waals surface area contributed by atoms with E-state index in [1.807, 2.05) is 26.4 Å². The molecule has 0 aliphatic rings. The quantitative estimate of drug-likeness (QED) is 0.747. The second-order valence-electron chi connectivity index (χ2n) is 5.69. The molecule has 124 valence electrons. The molecule has 0 saturated heterocycles. The highest BCUT2D eigenvalue weighted by Gasteiger charge is 2.15. The first kappa shape index (κ1) is 16.9. The Labute approximate surface area is 150 Å². The summed E-state index contributed by atoms with van der Waals surface area (Å²) in [6, 6.07) is 5.40. The number of hydrogen-bond acceptors (Lipinski definition) is 4. The predicted octanol–water partition coefficient (Wildman–Crippen LogP) is 3.94. The van der Waals surface area contributed by atoms with E-state index in [1.165, 1.54) is 0 Å². The van der Waals surface area contributed by atoms with Crippen LogP contribution in [0.15, 0.2) is 36.9 Å². The average Bonchev–Trinajstić information content (AvgIpc) is 3.07. The van der Waals surface area contributed by atoms with E-state index in [0.717, 1.165) is 41.3 Å². The van der Waals surface area contributed by atoms with Crippen molar-refractivity contribution in [1.29, 1.82) is 0 Å². The molecule has 1 aromatic carbocycles. The lowest BCUT2D eigenvalue weighted by Gasteiger charge is -2.12. The smallest absolute Gasteiger partial charge is 0.130 e. The van der Waals surface area contributed by atoms with Gasteiger partial charge in [-0.25, -0.2) is 15.0 Å². The summed E-state index contributed by atoms with van der Waals surface area (Å²) in [4.78, 5) is 18.5. The van der Waals surface area contributed by atoms with Crippen LogP contribution in [0.5, 0.6) is 0 Å². The molecule has 0 saturated carbocycles. The second-order valence-corrected chi connectivity index (χ2v) is 6.53. The molecule has 3 aromatic rings. The Morgan fingerprint density at radius 3 is 2.62 bits per heavy atom. The number of aromatic nitrogens is 4. The van der Waals surface area contributed by atoms with Gasteiger partial charge in [-0.15, -0.1) is 0 Å². The first-order valence-electron chi connectivity index (χ1n) is 7.49. The SMILES string of the molecule is CN(C)CCc1ncc(-c2cnc[nH]2)c(-c2ccc(Cl)cc2Cl)n1. The van der Waals surface area contributed by atoms with Crippen LogP contribution in [0, 0.1) is 0 Å².